The number of benzene rings is 1. The van der Waals surface area contributed by atoms with E-state index in [0.29, 0.717) is 0 Å². The summed E-state index contributed by atoms with van der Waals surface area (Å²) < 4.78 is 20.4. The molecule has 0 aliphatic carbocycles. The summed E-state index contributed by atoms with van der Waals surface area (Å²) in [5.41, 5.74) is 2.81. The molecule has 5 nitrogen and oxygen atoms in total. The van der Waals surface area contributed by atoms with Crippen LogP contribution in [-0.2, 0) is 24.9 Å². The van der Waals surface area contributed by atoms with Crippen LogP contribution in [0.1, 0.15) is 12.5 Å². The van der Waals surface area contributed by atoms with Crippen LogP contribution in [0.4, 0.5) is 0 Å². The predicted molar refractivity (Wildman–Crippen MR) is 64.5 cm³/mol. The zero-order valence-electron chi connectivity index (χ0n) is 9.26. The molecule has 0 radical (unpaired) electrons. The van der Waals surface area contributed by atoms with Crippen LogP contribution in [0.3, 0.4) is 0 Å². The molecule has 1 amide bonds. The summed E-state index contributed by atoms with van der Waals surface area (Å²) in [7, 11) is 0. The van der Waals surface area contributed by atoms with Gasteiger partial charge in [-0.25, -0.2) is 10.0 Å². The summed E-state index contributed by atoms with van der Waals surface area (Å²) in [5, 5.41) is 0. The van der Waals surface area contributed by atoms with Crippen LogP contribution in [0.2, 0.25) is 0 Å². The fraction of sp³-hybridized carbons (Fsp3) is 0.300. The molecule has 1 N–H and O–H groups in total. The lowest BCUT2D eigenvalue weighted by Gasteiger charge is -2.10. The quantitative estimate of drug-likeness (QED) is 0.641. The van der Waals surface area contributed by atoms with Gasteiger partial charge in [0.2, 0.25) is 5.91 Å². The SMILES string of the molecule is CCOP(=O)(Cl)ONC(=O)Cc1ccccc1. The summed E-state index contributed by atoms with van der Waals surface area (Å²) in [4.78, 5) is 11.4. The molecular formula is C10H13ClNO4P. The third kappa shape index (κ3) is 5.84. The van der Waals surface area contributed by atoms with Crippen LogP contribution >= 0.6 is 18.2 Å². The minimum absolute atomic E-state index is 0.115. The van der Waals surface area contributed by atoms with E-state index in [4.69, 9.17) is 11.2 Å². The predicted octanol–water partition coefficient (Wildman–Crippen LogP) is 2.66. The van der Waals surface area contributed by atoms with Gasteiger partial charge < -0.3 is 0 Å². The molecule has 0 saturated heterocycles. The summed E-state index contributed by atoms with van der Waals surface area (Å²) in [6.07, 6.45) is 0.115. The molecule has 0 aliphatic heterocycles. The summed E-state index contributed by atoms with van der Waals surface area (Å²) in [5.74, 6) is -0.447. The fourth-order valence-electron chi connectivity index (χ4n) is 1.10. The number of halogens is 1. The Kier molecular flexibility index (Phi) is 5.65. The molecule has 1 aromatic rings. The van der Waals surface area contributed by atoms with Crippen molar-refractivity contribution in [2.75, 3.05) is 6.61 Å². The van der Waals surface area contributed by atoms with Crippen molar-refractivity contribution in [1.82, 2.24) is 5.48 Å². The molecular weight excluding hydrogens is 265 g/mol. The second kappa shape index (κ2) is 6.77. The Balaban J connectivity index is 2.38. The van der Waals surface area contributed by atoms with Crippen molar-refractivity contribution < 1.29 is 18.5 Å². The van der Waals surface area contributed by atoms with E-state index in [0.717, 1.165) is 5.56 Å². The van der Waals surface area contributed by atoms with E-state index in [1.54, 1.807) is 19.1 Å². The van der Waals surface area contributed by atoms with E-state index in [9.17, 15) is 9.36 Å². The minimum Gasteiger partial charge on any atom is -0.296 e. The van der Waals surface area contributed by atoms with Gasteiger partial charge >= 0.3 is 6.95 Å². The summed E-state index contributed by atoms with van der Waals surface area (Å²) in [6, 6.07) is 9.07. The maximum Gasteiger partial charge on any atom is 0.445 e. The molecule has 94 valence electrons. The van der Waals surface area contributed by atoms with Crippen molar-refractivity contribution in [3.63, 3.8) is 0 Å². The highest BCUT2D eigenvalue weighted by Gasteiger charge is 2.21. The highest BCUT2D eigenvalue weighted by molar-refractivity contribution is 7.81. The van der Waals surface area contributed by atoms with Gasteiger partial charge in [-0.2, -0.15) is 4.62 Å². The smallest absolute Gasteiger partial charge is 0.296 e. The standard InChI is InChI=1S/C10H13ClNO4P/c1-2-15-17(11,14)16-12-10(13)8-9-6-4-3-5-7-9/h3-7H,2,8H2,1H3,(H,12,13). The van der Waals surface area contributed by atoms with Gasteiger partial charge in [-0.1, -0.05) is 30.3 Å². The number of hydrogen-bond acceptors (Lipinski definition) is 4. The van der Waals surface area contributed by atoms with Gasteiger partial charge in [-0.15, -0.1) is 0 Å². The maximum atomic E-state index is 11.4. The molecule has 7 heteroatoms. The number of carbonyl (C=O) groups is 1. The highest BCUT2D eigenvalue weighted by Crippen LogP contribution is 2.52. The minimum atomic E-state index is -3.71. The average molecular weight is 278 g/mol. The van der Waals surface area contributed by atoms with Gasteiger partial charge in [0.25, 0.3) is 0 Å². The first kappa shape index (κ1) is 14.2. The molecule has 0 bridgehead atoms. The van der Waals surface area contributed by atoms with Crippen molar-refractivity contribution in [2.45, 2.75) is 13.3 Å². The first-order valence-electron chi connectivity index (χ1n) is 4.99. The van der Waals surface area contributed by atoms with Crippen molar-refractivity contribution in [2.24, 2.45) is 0 Å². The van der Waals surface area contributed by atoms with E-state index in [-0.39, 0.29) is 13.0 Å². The molecule has 17 heavy (non-hydrogen) atoms. The average Bonchev–Trinajstić information content (AvgIpc) is 2.28. The topological polar surface area (TPSA) is 64.6 Å². The maximum absolute atomic E-state index is 11.4. The molecule has 0 fully saturated rings. The first-order chi connectivity index (χ1) is 8.03. The second-order valence-electron chi connectivity index (χ2n) is 3.13. The van der Waals surface area contributed by atoms with Crippen LogP contribution in [0.5, 0.6) is 0 Å². The second-order valence-corrected chi connectivity index (χ2v) is 5.67. The fourth-order valence-corrected chi connectivity index (χ4v) is 2.07. The number of hydrogen-bond donors (Lipinski definition) is 1. The number of nitrogens with one attached hydrogen (secondary N) is 1. The van der Waals surface area contributed by atoms with Gasteiger partial charge in [0.05, 0.1) is 13.0 Å². The first-order valence-corrected chi connectivity index (χ1v) is 7.44. The molecule has 1 atom stereocenters. The van der Waals surface area contributed by atoms with Crippen molar-refractivity contribution in [3.8, 4) is 0 Å². The highest BCUT2D eigenvalue weighted by atomic mass is 35.7. The lowest BCUT2D eigenvalue weighted by molar-refractivity contribution is -0.127. The third-order valence-electron chi connectivity index (χ3n) is 1.76. The van der Waals surface area contributed by atoms with E-state index in [2.05, 4.69) is 9.15 Å². The number of amides is 1. The Morgan fingerprint density at radius 2 is 2.06 bits per heavy atom. The van der Waals surface area contributed by atoms with E-state index >= 15 is 0 Å². The third-order valence-corrected chi connectivity index (χ3v) is 3.14. The summed E-state index contributed by atoms with van der Waals surface area (Å²) in [6.45, 7) is -1.96. The van der Waals surface area contributed by atoms with E-state index in [1.807, 2.05) is 23.7 Å². The van der Waals surface area contributed by atoms with Crippen LogP contribution in [0.25, 0.3) is 0 Å². The van der Waals surface area contributed by atoms with Gasteiger partial charge in [0.15, 0.2) is 0 Å². The van der Waals surface area contributed by atoms with Crippen LogP contribution in [0, 0.1) is 0 Å². The molecule has 0 aliphatic rings. The lowest BCUT2D eigenvalue weighted by Crippen LogP contribution is -2.24. The van der Waals surface area contributed by atoms with Gasteiger partial charge in [-0.3, -0.25) is 9.32 Å². The van der Waals surface area contributed by atoms with Crippen molar-refractivity contribution >= 4 is 24.1 Å². The largest absolute Gasteiger partial charge is 0.445 e. The Morgan fingerprint density at radius 3 is 2.65 bits per heavy atom. The Morgan fingerprint density at radius 1 is 1.41 bits per heavy atom. The molecule has 0 heterocycles. The Hall–Kier alpha value is -0.870. The lowest BCUT2D eigenvalue weighted by atomic mass is 10.1. The van der Waals surface area contributed by atoms with Crippen molar-refractivity contribution in [3.05, 3.63) is 35.9 Å². The molecule has 1 aromatic carbocycles. The van der Waals surface area contributed by atoms with E-state index in [1.165, 1.54) is 0 Å². The normalized spacial score (nSPS) is 14.0. The zero-order chi connectivity index (χ0) is 12.7. The zero-order valence-corrected chi connectivity index (χ0v) is 10.9. The monoisotopic (exact) mass is 277 g/mol. The van der Waals surface area contributed by atoms with Crippen LogP contribution in [-0.4, -0.2) is 12.5 Å². The van der Waals surface area contributed by atoms with Crippen LogP contribution in [0.15, 0.2) is 30.3 Å². The number of rotatable bonds is 6. The van der Waals surface area contributed by atoms with E-state index < -0.39 is 12.9 Å². The number of hydroxylamine groups is 1. The number of carbonyl (C=O) groups excluding carboxylic acids is 1. The molecule has 0 spiro atoms. The molecule has 0 aromatic heterocycles. The molecule has 0 saturated carbocycles. The van der Waals surface area contributed by atoms with Crippen molar-refractivity contribution in [1.29, 1.82) is 0 Å². The Labute approximate surface area is 104 Å². The van der Waals surface area contributed by atoms with Gasteiger partial charge in [-0.05, 0) is 12.5 Å². The Bertz CT molecular complexity index is 412. The van der Waals surface area contributed by atoms with Gasteiger partial charge in [0.1, 0.15) is 0 Å². The van der Waals surface area contributed by atoms with Gasteiger partial charge in [0, 0.05) is 11.2 Å². The van der Waals surface area contributed by atoms with Crippen LogP contribution < -0.4 is 5.48 Å². The molecule has 1 rings (SSSR count). The summed E-state index contributed by atoms with van der Waals surface area (Å²) >= 11 is 5.38. The molecule has 1 unspecified atom stereocenters.